The Hall–Kier alpha value is -1.72. The first-order chi connectivity index (χ1) is 9.72. The third-order valence-corrected chi connectivity index (χ3v) is 3.98. The molecule has 0 radical (unpaired) electrons. The highest BCUT2D eigenvalue weighted by Crippen LogP contribution is 2.32. The van der Waals surface area contributed by atoms with Crippen molar-refractivity contribution in [3.8, 4) is 0 Å². The van der Waals surface area contributed by atoms with E-state index in [0.29, 0.717) is 6.54 Å². The lowest BCUT2D eigenvalue weighted by Gasteiger charge is -2.15. The number of halogens is 1. The summed E-state index contributed by atoms with van der Waals surface area (Å²) in [5, 5.41) is 16.0. The van der Waals surface area contributed by atoms with E-state index in [4.69, 9.17) is 0 Å². The minimum atomic E-state index is -0.736. The first kappa shape index (κ1) is 13.3. The molecule has 1 atom stereocenters. The average molecular weight is 332 g/mol. The van der Waals surface area contributed by atoms with Crippen molar-refractivity contribution >= 4 is 26.8 Å². The van der Waals surface area contributed by atoms with Crippen molar-refractivity contribution in [1.29, 1.82) is 0 Å². The lowest BCUT2D eigenvalue weighted by molar-refractivity contribution is 0.208. The summed E-state index contributed by atoms with van der Waals surface area (Å²) in [5.74, 6) is 0. The van der Waals surface area contributed by atoms with Gasteiger partial charge in [-0.3, -0.25) is 9.67 Å². The van der Waals surface area contributed by atoms with Gasteiger partial charge in [0.25, 0.3) is 0 Å². The second-order valence-electron chi connectivity index (χ2n) is 4.51. The summed E-state index contributed by atoms with van der Waals surface area (Å²) in [6.07, 6.45) is 2.73. The van der Waals surface area contributed by atoms with Crippen molar-refractivity contribution in [3.63, 3.8) is 0 Å². The standard InChI is InChI=1S/C15H14BrN3O/c1-2-19-14(12(16)9-18-19)15(20)11-5-3-7-13-10(11)6-4-8-17-13/h3-9,15,20H,2H2,1H3. The highest BCUT2D eigenvalue weighted by Gasteiger charge is 2.20. The predicted octanol–water partition coefficient (Wildman–Crippen LogP) is 3.30. The molecule has 1 aromatic carbocycles. The number of aryl methyl sites for hydroxylation is 1. The maximum absolute atomic E-state index is 10.8. The van der Waals surface area contributed by atoms with Gasteiger partial charge in [0.1, 0.15) is 6.10 Å². The van der Waals surface area contributed by atoms with E-state index in [9.17, 15) is 5.11 Å². The maximum Gasteiger partial charge on any atom is 0.122 e. The third-order valence-electron chi connectivity index (χ3n) is 3.37. The van der Waals surface area contributed by atoms with E-state index in [1.165, 1.54) is 0 Å². The summed E-state index contributed by atoms with van der Waals surface area (Å²) in [5.41, 5.74) is 2.48. The van der Waals surface area contributed by atoms with E-state index >= 15 is 0 Å². The molecule has 3 aromatic rings. The van der Waals surface area contributed by atoms with E-state index in [1.54, 1.807) is 17.1 Å². The second kappa shape index (κ2) is 5.34. The Bertz CT molecular complexity index is 748. The number of hydrogen-bond acceptors (Lipinski definition) is 3. The van der Waals surface area contributed by atoms with Crippen molar-refractivity contribution in [2.45, 2.75) is 19.6 Å². The summed E-state index contributed by atoms with van der Waals surface area (Å²) >= 11 is 3.46. The second-order valence-corrected chi connectivity index (χ2v) is 5.37. The van der Waals surface area contributed by atoms with Crippen LogP contribution in [0.4, 0.5) is 0 Å². The summed E-state index contributed by atoms with van der Waals surface area (Å²) in [7, 11) is 0. The molecule has 0 amide bonds. The van der Waals surface area contributed by atoms with Gasteiger partial charge in [-0.25, -0.2) is 0 Å². The molecule has 0 aliphatic carbocycles. The highest BCUT2D eigenvalue weighted by molar-refractivity contribution is 9.10. The zero-order valence-corrected chi connectivity index (χ0v) is 12.6. The Morgan fingerprint density at radius 2 is 2.15 bits per heavy atom. The fourth-order valence-corrected chi connectivity index (χ4v) is 2.92. The van der Waals surface area contributed by atoms with Crippen molar-refractivity contribution in [2.75, 3.05) is 0 Å². The fourth-order valence-electron chi connectivity index (χ4n) is 2.41. The molecule has 2 aromatic heterocycles. The zero-order chi connectivity index (χ0) is 14.1. The van der Waals surface area contributed by atoms with Gasteiger partial charge in [0.05, 0.1) is 21.9 Å². The van der Waals surface area contributed by atoms with E-state index in [1.807, 2.05) is 37.3 Å². The number of nitrogens with zero attached hydrogens (tertiary/aromatic N) is 3. The van der Waals surface area contributed by atoms with Gasteiger partial charge in [-0.05, 0) is 40.5 Å². The van der Waals surface area contributed by atoms with Gasteiger partial charge >= 0.3 is 0 Å². The van der Waals surface area contributed by atoms with Gasteiger partial charge in [0, 0.05) is 18.1 Å². The van der Waals surface area contributed by atoms with E-state index < -0.39 is 6.10 Å². The highest BCUT2D eigenvalue weighted by atomic mass is 79.9. The fraction of sp³-hybridized carbons (Fsp3) is 0.200. The van der Waals surface area contributed by atoms with Gasteiger partial charge in [-0.2, -0.15) is 5.10 Å². The van der Waals surface area contributed by atoms with Gasteiger partial charge < -0.3 is 5.11 Å². The normalized spacial score (nSPS) is 12.8. The first-order valence-corrected chi connectivity index (χ1v) is 7.24. The van der Waals surface area contributed by atoms with Crippen LogP contribution in [0.3, 0.4) is 0 Å². The lowest BCUT2D eigenvalue weighted by atomic mass is 10.0. The van der Waals surface area contributed by atoms with Crippen LogP contribution in [0.2, 0.25) is 0 Å². The molecule has 5 heteroatoms. The minimum Gasteiger partial charge on any atom is -0.382 e. The molecule has 3 rings (SSSR count). The van der Waals surface area contributed by atoms with Crippen LogP contribution in [0.1, 0.15) is 24.3 Å². The molecule has 0 aliphatic rings. The number of rotatable bonds is 3. The molecule has 0 saturated carbocycles. The molecule has 0 spiro atoms. The van der Waals surface area contributed by atoms with Crippen molar-refractivity contribution in [3.05, 3.63) is 58.5 Å². The summed E-state index contributed by atoms with van der Waals surface area (Å²) in [4.78, 5) is 4.33. The Morgan fingerprint density at radius 3 is 2.95 bits per heavy atom. The molecule has 1 unspecified atom stereocenters. The Balaban J connectivity index is 2.17. The van der Waals surface area contributed by atoms with Crippen LogP contribution in [-0.2, 0) is 6.54 Å². The van der Waals surface area contributed by atoms with Crippen molar-refractivity contribution < 1.29 is 5.11 Å². The SMILES string of the molecule is CCn1ncc(Br)c1C(O)c1cccc2ncccc12. The summed E-state index contributed by atoms with van der Waals surface area (Å²) < 4.78 is 2.61. The molecule has 4 nitrogen and oxygen atoms in total. The summed E-state index contributed by atoms with van der Waals surface area (Å²) in [6, 6.07) is 9.63. The van der Waals surface area contributed by atoms with Crippen LogP contribution in [0.5, 0.6) is 0 Å². The molecular formula is C15H14BrN3O. The summed E-state index contributed by atoms with van der Waals surface area (Å²) in [6.45, 7) is 2.71. The smallest absolute Gasteiger partial charge is 0.122 e. The predicted molar refractivity (Wildman–Crippen MR) is 81.4 cm³/mol. The minimum absolute atomic E-state index is 0.709. The number of pyridine rings is 1. The van der Waals surface area contributed by atoms with Crippen LogP contribution >= 0.6 is 15.9 Å². The van der Waals surface area contributed by atoms with Crippen LogP contribution in [0, 0.1) is 0 Å². The monoisotopic (exact) mass is 331 g/mol. The van der Waals surface area contributed by atoms with Crippen LogP contribution < -0.4 is 0 Å². The first-order valence-electron chi connectivity index (χ1n) is 6.45. The Morgan fingerprint density at radius 1 is 1.30 bits per heavy atom. The quantitative estimate of drug-likeness (QED) is 0.801. The molecule has 0 aliphatic heterocycles. The van der Waals surface area contributed by atoms with E-state index in [-0.39, 0.29) is 0 Å². The Labute approximate surface area is 125 Å². The van der Waals surface area contributed by atoms with E-state index in [2.05, 4.69) is 26.0 Å². The zero-order valence-electron chi connectivity index (χ0n) is 11.0. The molecule has 2 heterocycles. The average Bonchev–Trinajstić information content (AvgIpc) is 2.87. The van der Waals surface area contributed by atoms with Gasteiger partial charge in [0.2, 0.25) is 0 Å². The van der Waals surface area contributed by atoms with Gasteiger partial charge in [0.15, 0.2) is 0 Å². The number of benzene rings is 1. The lowest BCUT2D eigenvalue weighted by Crippen LogP contribution is -2.10. The maximum atomic E-state index is 10.8. The number of hydrogen-bond donors (Lipinski definition) is 1. The molecule has 0 saturated heterocycles. The third kappa shape index (κ3) is 2.13. The van der Waals surface area contributed by atoms with Crippen LogP contribution in [-0.4, -0.2) is 19.9 Å². The number of fused-ring (bicyclic) bond motifs is 1. The number of aliphatic hydroxyl groups is 1. The number of aliphatic hydroxyl groups excluding tert-OH is 1. The van der Waals surface area contributed by atoms with Gasteiger partial charge in [-0.1, -0.05) is 18.2 Å². The molecular weight excluding hydrogens is 318 g/mol. The van der Waals surface area contributed by atoms with Crippen molar-refractivity contribution in [2.24, 2.45) is 0 Å². The van der Waals surface area contributed by atoms with Crippen molar-refractivity contribution in [1.82, 2.24) is 14.8 Å². The topological polar surface area (TPSA) is 50.9 Å². The van der Waals surface area contributed by atoms with Crippen LogP contribution in [0.25, 0.3) is 10.9 Å². The molecule has 0 bridgehead atoms. The van der Waals surface area contributed by atoms with Gasteiger partial charge in [-0.15, -0.1) is 0 Å². The molecule has 20 heavy (non-hydrogen) atoms. The Kier molecular flexibility index (Phi) is 3.54. The molecule has 102 valence electrons. The molecule has 1 N–H and O–H groups in total. The largest absolute Gasteiger partial charge is 0.382 e. The van der Waals surface area contributed by atoms with E-state index in [0.717, 1.165) is 26.6 Å². The van der Waals surface area contributed by atoms with Crippen LogP contribution in [0.15, 0.2) is 47.2 Å². The molecule has 0 fully saturated rings. The number of aromatic nitrogens is 3.